The van der Waals surface area contributed by atoms with Crippen LogP contribution in [0.15, 0.2) is 23.2 Å². The quantitative estimate of drug-likeness (QED) is 0.598. The first-order valence-electron chi connectivity index (χ1n) is 9.32. The first-order chi connectivity index (χ1) is 12.5. The second kappa shape index (κ2) is 8.20. The standard InChI is InChI=1S/C19H29F2N5/c1-22-19(23-11-17(25(2)3)13-7-8-13)24-14-9-10-26(12-14)18-15(20)5-4-6-16(18)21/h4-6,13-14,17H,7-12H2,1-3H3,(H2,22,23,24). The van der Waals surface area contributed by atoms with Gasteiger partial charge in [-0.05, 0) is 51.4 Å². The number of para-hydroxylation sites is 1. The fraction of sp³-hybridized carbons (Fsp3) is 0.632. The minimum atomic E-state index is -0.508. The highest BCUT2D eigenvalue weighted by Gasteiger charge is 2.33. The number of hydrogen-bond acceptors (Lipinski definition) is 3. The van der Waals surface area contributed by atoms with Gasteiger partial charge in [0.25, 0.3) is 0 Å². The number of hydrogen-bond donors (Lipinski definition) is 2. The molecule has 26 heavy (non-hydrogen) atoms. The lowest BCUT2D eigenvalue weighted by Gasteiger charge is -2.26. The zero-order valence-electron chi connectivity index (χ0n) is 15.8. The molecule has 1 saturated carbocycles. The van der Waals surface area contributed by atoms with E-state index in [2.05, 4.69) is 34.6 Å². The van der Waals surface area contributed by atoms with E-state index >= 15 is 0 Å². The molecule has 7 heteroatoms. The molecule has 5 nitrogen and oxygen atoms in total. The lowest BCUT2D eigenvalue weighted by Crippen LogP contribution is -2.49. The third-order valence-corrected chi connectivity index (χ3v) is 5.31. The fourth-order valence-corrected chi connectivity index (χ4v) is 3.71. The zero-order valence-corrected chi connectivity index (χ0v) is 15.8. The van der Waals surface area contributed by atoms with Crippen molar-refractivity contribution in [3.05, 3.63) is 29.8 Å². The number of anilines is 1. The van der Waals surface area contributed by atoms with E-state index in [1.54, 1.807) is 11.9 Å². The van der Waals surface area contributed by atoms with Crippen LogP contribution in [-0.2, 0) is 0 Å². The lowest BCUT2D eigenvalue weighted by molar-refractivity contribution is 0.264. The van der Waals surface area contributed by atoms with Gasteiger partial charge in [0, 0.05) is 38.8 Å². The normalized spacial score (nSPS) is 22.0. The topological polar surface area (TPSA) is 42.9 Å². The van der Waals surface area contributed by atoms with E-state index in [1.165, 1.54) is 31.0 Å². The van der Waals surface area contributed by atoms with Gasteiger partial charge >= 0.3 is 0 Å². The van der Waals surface area contributed by atoms with Crippen LogP contribution < -0.4 is 15.5 Å². The van der Waals surface area contributed by atoms with Gasteiger partial charge in [0.15, 0.2) is 5.96 Å². The largest absolute Gasteiger partial charge is 0.365 e. The van der Waals surface area contributed by atoms with Crippen LogP contribution in [0, 0.1) is 17.6 Å². The summed E-state index contributed by atoms with van der Waals surface area (Å²) >= 11 is 0. The van der Waals surface area contributed by atoms with Gasteiger partial charge < -0.3 is 20.4 Å². The molecular formula is C19H29F2N5. The monoisotopic (exact) mass is 365 g/mol. The average Bonchev–Trinajstić information content (AvgIpc) is 3.33. The number of guanidine groups is 1. The maximum atomic E-state index is 14.0. The van der Waals surface area contributed by atoms with Crippen molar-refractivity contribution in [2.24, 2.45) is 10.9 Å². The molecule has 1 aliphatic carbocycles. The summed E-state index contributed by atoms with van der Waals surface area (Å²) in [5.41, 5.74) is 0.0705. The van der Waals surface area contributed by atoms with Gasteiger partial charge in [0.05, 0.1) is 0 Å². The summed E-state index contributed by atoms with van der Waals surface area (Å²) in [5.74, 6) is 0.498. The molecule has 1 aliphatic heterocycles. The van der Waals surface area contributed by atoms with Crippen LogP contribution in [0.2, 0.25) is 0 Å². The van der Waals surface area contributed by atoms with Crippen molar-refractivity contribution in [3.63, 3.8) is 0 Å². The minimum absolute atomic E-state index is 0.0705. The van der Waals surface area contributed by atoms with E-state index < -0.39 is 11.6 Å². The van der Waals surface area contributed by atoms with Gasteiger partial charge in [-0.2, -0.15) is 0 Å². The maximum Gasteiger partial charge on any atom is 0.191 e. The third-order valence-electron chi connectivity index (χ3n) is 5.31. The predicted molar refractivity (Wildman–Crippen MR) is 102 cm³/mol. The van der Waals surface area contributed by atoms with Gasteiger partial charge in [0.2, 0.25) is 0 Å². The molecule has 0 spiro atoms. The number of likely N-dealkylation sites (N-methyl/N-ethyl adjacent to an activating group) is 1. The predicted octanol–water partition coefficient (Wildman–Crippen LogP) is 2.05. The van der Waals surface area contributed by atoms with Crippen molar-refractivity contribution >= 4 is 11.6 Å². The summed E-state index contributed by atoms with van der Waals surface area (Å²) in [4.78, 5) is 8.33. The summed E-state index contributed by atoms with van der Waals surface area (Å²) in [6.07, 6.45) is 3.40. The number of halogens is 2. The number of benzene rings is 1. The molecule has 0 radical (unpaired) electrons. The van der Waals surface area contributed by atoms with Crippen molar-refractivity contribution < 1.29 is 8.78 Å². The Hall–Kier alpha value is -1.89. The minimum Gasteiger partial charge on any atom is -0.365 e. The Morgan fingerprint density at radius 2 is 1.96 bits per heavy atom. The van der Waals surface area contributed by atoms with E-state index in [0.717, 1.165) is 24.8 Å². The molecule has 2 N–H and O–H groups in total. The summed E-state index contributed by atoms with van der Waals surface area (Å²) in [5, 5.41) is 6.80. The second-order valence-corrected chi connectivity index (χ2v) is 7.47. The Labute approximate surface area is 154 Å². The van der Waals surface area contributed by atoms with Crippen molar-refractivity contribution in [2.45, 2.75) is 31.3 Å². The van der Waals surface area contributed by atoms with E-state index in [9.17, 15) is 8.78 Å². The van der Waals surface area contributed by atoms with Crippen LogP contribution in [0.1, 0.15) is 19.3 Å². The van der Waals surface area contributed by atoms with Crippen LogP contribution in [0.3, 0.4) is 0 Å². The molecule has 1 heterocycles. The lowest BCUT2D eigenvalue weighted by atomic mass is 10.1. The third kappa shape index (κ3) is 4.44. The van der Waals surface area contributed by atoms with Crippen LogP contribution in [-0.4, -0.2) is 63.7 Å². The van der Waals surface area contributed by atoms with Gasteiger partial charge in [-0.15, -0.1) is 0 Å². The Morgan fingerprint density at radius 1 is 1.27 bits per heavy atom. The van der Waals surface area contributed by atoms with E-state index in [0.29, 0.717) is 19.1 Å². The summed E-state index contributed by atoms with van der Waals surface area (Å²) in [6.45, 7) is 2.02. The Bertz CT molecular complexity index is 623. The Balaban J connectivity index is 1.53. The van der Waals surface area contributed by atoms with E-state index in [1.807, 2.05) is 0 Å². The maximum absolute atomic E-state index is 14.0. The molecular weight excluding hydrogens is 336 g/mol. The molecule has 2 aliphatic rings. The van der Waals surface area contributed by atoms with Crippen LogP contribution in [0.25, 0.3) is 0 Å². The SMILES string of the molecule is CN=C(NCC(C1CC1)N(C)C)NC1CCN(c2c(F)cccc2F)C1. The fourth-order valence-electron chi connectivity index (χ4n) is 3.71. The molecule has 0 bridgehead atoms. The van der Waals surface area contributed by atoms with E-state index in [4.69, 9.17) is 0 Å². The molecule has 1 aromatic carbocycles. The first-order valence-corrected chi connectivity index (χ1v) is 9.32. The molecule has 0 amide bonds. The molecule has 144 valence electrons. The molecule has 2 unspecified atom stereocenters. The highest BCUT2D eigenvalue weighted by molar-refractivity contribution is 5.80. The number of nitrogens with one attached hydrogen (secondary N) is 2. The van der Waals surface area contributed by atoms with Gasteiger partial charge in [0.1, 0.15) is 17.3 Å². The van der Waals surface area contributed by atoms with E-state index in [-0.39, 0.29) is 11.7 Å². The molecule has 3 rings (SSSR count). The summed E-state index contributed by atoms with van der Waals surface area (Å²) < 4.78 is 28.0. The van der Waals surface area contributed by atoms with Gasteiger partial charge in [-0.3, -0.25) is 4.99 Å². The molecule has 2 atom stereocenters. The molecule has 1 aromatic rings. The van der Waals surface area contributed by atoms with Crippen molar-refractivity contribution in [1.82, 2.24) is 15.5 Å². The van der Waals surface area contributed by atoms with Crippen LogP contribution in [0.4, 0.5) is 14.5 Å². The summed E-state index contributed by atoms with van der Waals surface area (Å²) in [7, 11) is 5.97. The molecule has 2 fully saturated rings. The second-order valence-electron chi connectivity index (χ2n) is 7.47. The van der Waals surface area contributed by atoms with Crippen molar-refractivity contribution in [3.8, 4) is 0 Å². The van der Waals surface area contributed by atoms with Crippen molar-refractivity contribution in [1.29, 1.82) is 0 Å². The Morgan fingerprint density at radius 3 is 2.54 bits per heavy atom. The number of aliphatic imine (C=N–C) groups is 1. The van der Waals surface area contributed by atoms with Gasteiger partial charge in [-0.1, -0.05) is 6.07 Å². The Kier molecular flexibility index (Phi) is 5.96. The number of nitrogens with zero attached hydrogens (tertiary/aromatic N) is 3. The smallest absolute Gasteiger partial charge is 0.191 e. The zero-order chi connectivity index (χ0) is 18.7. The molecule has 0 aromatic heterocycles. The van der Waals surface area contributed by atoms with Crippen LogP contribution >= 0.6 is 0 Å². The average molecular weight is 365 g/mol. The first kappa shape index (κ1) is 18.9. The van der Waals surface area contributed by atoms with Crippen LogP contribution in [0.5, 0.6) is 0 Å². The highest BCUT2D eigenvalue weighted by atomic mass is 19.1. The number of rotatable bonds is 6. The van der Waals surface area contributed by atoms with Gasteiger partial charge in [-0.25, -0.2) is 8.78 Å². The highest BCUT2D eigenvalue weighted by Crippen LogP contribution is 2.34. The summed E-state index contributed by atoms with van der Waals surface area (Å²) in [6, 6.07) is 4.62. The molecule has 1 saturated heterocycles. The van der Waals surface area contributed by atoms with Crippen molar-refractivity contribution in [2.75, 3.05) is 45.7 Å².